The van der Waals surface area contributed by atoms with E-state index in [-0.39, 0.29) is 17.6 Å². The highest BCUT2D eigenvalue weighted by molar-refractivity contribution is 6.21. The van der Waals surface area contributed by atoms with Crippen LogP contribution in [0.2, 0.25) is 0 Å². The van der Waals surface area contributed by atoms with Gasteiger partial charge in [-0.3, -0.25) is 19.4 Å². The summed E-state index contributed by atoms with van der Waals surface area (Å²) < 4.78 is 36.2. The van der Waals surface area contributed by atoms with E-state index in [4.69, 9.17) is 16.3 Å². The van der Waals surface area contributed by atoms with Gasteiger partial charge in [0.05, 0.1) is 11.2 Å². The average Bonchev–Trinajstić information content (AvgIpc) is 3.16. The molecular weight excluding hydrogens is 528 g/mol. The molecule has 1 aliphatic heterocycles. The molecule has 1 N–H and O–H groups in total. The number of pyridine rings is 2. The maximum absolute atomic E-state index is 14.6. The number of piperidine rings is 1. The van der Waals surface area contributed by atoms with Gasteiger partial charge in [0.15, 0.2) is 17.3 Å². The fourth-order valence-electron chi connectivity index (χ4n) is 5.83. The van der Waals surface area contributed by atoms with Crippen LogP contribution in [0.5, 0.6) is 0 Å². The summed E-state index contributed by atoms with van der Waals surface area (Å²) in [5.41, 5.74) is 2.00. The van der Waals surface area contributed by atoms with Crippen LogP contribution in [-0.2, 0) is 11.2 Å². The van der Waals surface area contributed by atoms with Crippen LogP contribution < -0.4 is 5.69 Å². The lowest BCUT2D eigenvalue weighted by molar-refractivity contribution is 0.0419. The van der Waals surface area contributed by atoms with Crippen molar-refractivity contribution in [1.29, 1.82) is 0 Å². The Morgan fingerprint density at radius 3 is 2.72 bits per heavy atom. The minimum absolute atomic E-state index is 0.204. The van der Waals surface area contributed by atoms with Crippen LogP contribution in [0.3, 0.4) is 0 Å². The van der Waals surface area contributed by atoms with Crippen molar-refractivity contribution in [2.24, 2.45) is 0 Å². The molecule has 1 amide bonds. The van der Waals surface area contributed by atoms with E-state index in [0.717, 1.165) is 11.6 Å². The van der Waals surface area contributed by atoms with Gasteiger partial charge in [-0.15, -0.1) is 0 Å². The Morgan fingerprint density at radius 2 is 1.87 bits per heavy atom. The second-order valence-corrected chi connectivity index (χ2v) is 10.5. The maximum atomic E-state index is 14.6. The number of hydrogen-bond donors (Lipinski definition) is 1. The molecule has 3 aromatic heterocycles. The number of likely N-dealkylation sites (tertiary alicyclic amines) is 1. The Balaban J connectivity index is 1.18. The van der Waals surface area contributed by atoms with Crippen LogP contribution in [0.25, 0.3) is 11.2 Å². The van der Waals surface area contributed by atoms with Crippen LogP contribution in [0.4, 0.5) is 13.6 Å². The van der Waals surface area contributed by atoms with E-state index in [2.05, 4.69) is 15.0 Å². The minimum Gasteiger partial charge on any atom is -0.440 e. The summed E-state index contributed by atoms with van der Waals surface area (Å²) in [6, 6.07) is 11.3. The number of rotatable bonds is 3. The predicted octanol–water partition coefficient (Wildman–Crippen LogP) is 5.60. The Kier molecular flexibility index (Phi) is 6.80. The van der Waals surface area contributed by atoms with Gasteiger partial charge in [0.25, 0.3) is 0 Å². The van der Waals surface area contributed by atoms with Gasteiger partial charge >= 0.3 is 11.8 Å². The highest BCUT2D eigenvalue weighted by Crippen LogP contribution is 2.39. The molecule has 4 aromatic rings. The van der Waals surface area contributed by atoms with Crippen LogP contribution in [0.1, 0.15) is 60.6 Å². The number of hydrogen-bond acceptors (Lipinski definition) is 5. The zero-order valence-corrected chi connectivity index (χ0v) is 21.7. The molecule has 0 radical (unpaired) electrons. The number of imidazole rings is 1. The van der Waals surface area contributed by atoms with Crippen molar-refractivity contribution in [3.8, 4) is 0 Å². The van der Waals surface area contributed by atoms with Gasteiger partial charge in [0.2, 0.25) is 0 Å². The molecule has 0 bridgehead atoms. The summed E-state index contributed by atoms with van der Waals surface area (Å²) in [7, 11) is 0. The van der Waals surface area contributed by atoms with Crippen molar-refractivity contribution in [3.05, 3.63) is 93.8 Å². The van der Waals surface area contributed by atoms with Crippen LogP contribution in [-0.4, -0.2) is 42.6 Å². The molecule has 2 unspecified atom stereocenters. The van der Waals surface area contributed by atoms with Crippen LogP contribution in [0.15, 0.2) is 59.7 Å². The summed E-state index contributed by atoms with van der Waals surface area (Å²) in [6.45, 7) is 0.302. The molecule has 1 aromatic carbocycles. The number of aromatic amines is 1. The lowest BCUT2D eigenvalue weighted by Crippen LogP contribution is -2.45. The third-order valence-electron chi connectivity index (χ3n) is 7.74. The fraction of sp³-hybridized carbons (Fsp3) is 0.357. The molecule has 2 aliphatic rings. The van der Waals surface area contributed by atoms with Crippen LogP contribution >= 0.6 is 11.6 Å². The first-order valence-corrected chi connectivity index (χ1v) is 13.4. The van der Waals surface area contributed by atoms with Gasteiger partial charge in [0.1, 0.15) is 11.6 Å². The number of amides is 1. The first kappa shape index (κ1) is 25.5. The number of carbonyl (C=O) groups excluding carboxylic acids is 1. The highest BCUT2D eigenvalue weighted by Gasteiger charge is 2.36. The molecule has 8 nitrogen and oxygen atoms in total. The van der Waals surface area contributed by atoms with E-state index in [1.165, 1.54) is 11.0 Å². The number of nitrogens with zero attached hydrogens (tertiary/aromatic N) is 4. The number of alkyl halides is 1. The van der Waals surface area contributed by atoms with Gasteiger partial charge in [-0.1, -0.05) is 29.8 Å². The van der Waals surface area contributed by atoms with E-state index in [1.54, 1.807) is 35.2 Å². The Bertz CT molecular complexity index is 1590. The number of benzene rings is 1. The van der Waals surface area contributed by atoms with Crippen molar-refractivity contribution >= 4 is 28.9 Å². The number of H-pyrrole nitrogens is 1. The topological polar surface area (TPSA) is 93.1 Å². The van der Waals surface area contributed by atoms with Gasteiger partial charge in [0, 0.05) is 31.4 Å². The fourth-order valence-corrected chi connectivity index (χ4v) is 6.22. The minimum atomic E-state index is -0.881. The summed E-state index contributed by atoms with van der Waals surface area (Å²) in [6.07, 6.45) is 4.23. The van der Waals surface area contributed by atoms with Crippen molar-refractivity contribution in [1.82, 2.24) is 24.4 Å². The van der Waals surface area contributed by atoms with Gasteiger partial charge in [-0.05, 0) is 67.0 Å². The number of carbonyl (C=O) groups is 1. The monoisotopic (exact) mass is 553 g/mol. The lowest BCUT2D eigenvalue weighted by Gasteiger charge is -2.36. The number of aromatic nitrogens is 4. The molecule has 39 heavy (non-hydrogen) atoms. The van der Waals surface area contributed by atoms with E-state index in [1.807, 2.05) is 12.1 Å². The van der Waals surface area contributed by atoms with Crippen molar-refractivity contribution < 1.29 is 18.3 Å². The molecule has 0 saturated carbocycles. The summed E-state index contributed by atoms with van der Waals surface area (Å²) in [4.78, 5) is 38.8. The smallest absolute Gasteiger partial charge is 0.411 e. The molecule has 202 valence electrons. The Morgan fingerprint density at radius 1 is 1.05 bits per heavy atom. The first-order chi connectivity index (χ1) is 18.9. The number of fused-ring (bicyclic) bond motifs is 2. The van der Waals surface area contributed by atoms with E-state index in [9.17, 15) is 18.4 Å². The SMILES string of the molecule is O=C(O[C@@H]1CC[C@@H](c2cccc(F)c2F)Cc2cccnc21)N1CCC(n2c(=O)[nH]c3ncccc32)CC1Cl. The zero-order valence-electron chi connectivity index (χ0n) is 20.9. The number of ether oxygens (including phenoxy) is 1. The molecule has 6 rings (SSSR count). The summed E-state index contributed by atoms with van der Waals surface area (Å²) in [5.74, 6) is -2.01. The molecule has 0 spiro atoms. The average molecular weight is 554 g/mol. The van der Waals surface area contributed by atoms with Crippen molar-refractivity contribution in [2.45, 2.75) is 55.7 Å². The molecular formula is C28H26ClF2N5O3. The Labute approximate surface area is 227 Å². The molecule has 1 fully saturated rings. The third kappa shape index (κ3) is 4.78. The molecule has 1 saturated heterocycles. The molecule has 4 heterocycles. The van der Waals surface area contributed by atoms with E-state index in [0.29, 0.717) is 61.1 Å². The second kappa shape index (κ2) is 10.4. The second-order valence-electron chi connectivity index (χ2n) is 10.0. The third-order valence-corrected chi connectivity index (χ3v) is 8.15. The highest BCUT2D eigenvalue weighted by atomic mass is 35.5. The summed E-state index contributed by atoms with van der Waals surface area (Å²) >= 11 is 6.67. The quantitative estimate of drug-likeness (QED) is 0.203. The van der Waals surface area contributed by atoms with E-state index < -0.39 is 29.3 Å². The van der Waals surface area contributed by atoms with Crippen molar-refractivity contribution in [2.75, 3.05) is 6.54 Å². The normalized spacial score (nSPS) is 23.3. The first-order valence-electron chi connectivity index (χ1n) is 12.9. The van der Waals surface area contributed by atoms with E-state index >= 15 is 0 Å². The number of halogens is 3. The Hall–Kier alpha value is -3.79. The van der Waals surface area contributed by atoms with Crippen molar-refractivity contribution in [3.63, 3.8) is 0 Å². The summed E-state index contributed by atoms with van der Waals surface area (Å²) in [5, 5.41) is 0. The number of nitrogens with one attached hydrogen (secondary N) is 1. The maximum Gasteiger partial charge on any atom is 0.411 e. The lowest BCUT2D eigenvalue weighted by atomic mass is 9.90. The standard InChI is InChI=1S/C28H26ClF2N5O3/c29-23-15-18(36-21-7-3-12-33-26(21)34-27(36)37)10-13-35(23)28(38)39-22-9-8-16(14-17-4-2-11-32-25(17)22)19-5-1-6-20(30)24(19)31/h1-7,11-12,16,18,22-23H,8-10,13-15H2,(H,33,34,37)/t16-,18?,22-,23?/m1/s1. The molecule has 1 aliphatic carbocycles. The predicted molar refractivity (Wildman–Crippen MR) is 140 cm³/mol. The van der Waals surface area contributed by atoms with Gasteiger partial charge in [-0.2, -0.15) is 0 Å². The molecule has 4 atom stereocenters. The zero-order chi connectivity index (χ0) is 27.1. The largest absolute Gasteiger partial charge is 0.440 e. The van der Waals surface area contributed by atoms with Crippen LogP contribution in [0, 0.1) is 11.6 Å². The molecule has 11 heteroatoms. The van der Waals surface area contributed by atoms with Gasteiger partial charge in [-0.25, -0.2) is 23.4 Å². The van der Waals surface area contributed by atoms with Gasteiger partial charge < -0.3 is 4.74 Å².